The third-order valence-corrected chi connectivity index (χ3v) is 5.32. The van der Waals surface area contributed by atoms with E-state index in [0.717, 1.165) is 25.9 Å². The lowest BCUT2D eigenvalue weighted by atomic mass is 9.80. The second-order valence-electron chi connectivity index (χ2n) is 6.50. The highest BCUT2D eigenvalue weighted by molar-refractivity contribution is 6.20. The zero-order chi connectivity index (χ0) is 12.6. The molecule has 2 aliphatic rings. The van der Waals surface area contributed by atoms with Crippen molar-refractivity contribution in [2.45, 2.75) is 51.8 Å². The van der Waals surface area contributed by atoms with Crippen LogP contribution in [0.2, 0.25) is 0 Å². The second-order valence-corrected chi connectivity index (χ2v) is 7.06. The van der Waals surface area contributed by atoms with Crippen LogP contribution in [0.1, 0.15) is 46.5 Å². The lowest BCUT2D eigenvalue weighted by Gasteiger charge is -2.38. The molecular weight excluding hydrogens is 234 g/mol. The molecule has 0 aromatic heterocycles. The number of halogens is 1. The van der Waals surface area contributed by atoms with Crippen molar-refractivity contribution >= 4 is 17.5 Å². The van der Waals surface area contributed by atoms with Gasteiger partial charge < -0.3 is 4.90 Å². The summed E-state index contributed by atoms with van der Waals surface area (Å²) >= 11 is 6.21. The molecule has 1 aliphatic carbocycles. The summed E-state index contributed by atoms with van der Waals surface area (Å²) in [6.07, 6.45) is 4.40. The van der Waals surface area contributed by atoms with Crippen molar-refractivity contribution in [3.63, 3.8) is 0 Å². The number of hydrogen-bond donors (Lipinski definition) is 0. The van der Waals surface area contributed by atoms with Crippen LogP contribution in [0.5, 0.6) is 0 Å². The van der Waals surface area contributed by atoms with Crippen LogP contribution in [0.15, 0.2) is 0 Å². The van der Waals surface area contributed by atoms with Crippen LogP contribution in [0.3, 0.4) is 0 Å². The standard InChI is InChI=1S/C14H24ClNO/c1-10-9-16(8-6-12(10)15)13(17)11-5-4-7-14(11,2)3/h10-12H,4-9H2,1-3H3. The van der Waals surface area contributed by atoms with Gasteiger partial charge in [-0.1, -0.05) is 27.2 Å². The van der Waals surface area contributed by atoms with Crippen molar-refractivity contribution in [2.24, 2.45) is 17.3 Å². The molecule has 1 aliphatic heterocycles. The maximum Gasteiger partial charge on any atom is 0.226 e. The zero-order valence-corrected chi connectivity index (χ0v) is 12.0. The SMILES string of the molecule is CC1CN(C(=O)C2CCCC2(C)C)CCC1Cl. The fourth-order valence-electron chi connectivity index (χ4n) is 3.32. The Labute approximate surface area is 110 Å². The Morgan fingerprint density at radius 3 is 2.59 bits per heavy atom. The molecule has 3 heteroatoms. The first-order chi connectivity index (χ1) is 7.92. The molecule has 0 bridgehead atoms. The molecule has 2 rings (SSSR count). The Morgan fingerprint density at radius 1 is 1.35 bits per heavy atom. The number of carbonyl (C=O) groups is 1. The summed E-state index contributed by atoms with van der Waals surface area (Å²) in [5.41, 5.74) is 0.193. The van der Waals surface area contributed by atoms with E-state index >= 15 is 0 Å². The molecule has 0 aromatic carbocycles. The van der Waals surface area contributed by atoms with Crippen molar-refractivity contribution in [2.75, 3.05) is 13.1 Å². The van der Waals surface area contributed by atoms with E-state index in [4.69, 9.17) is 11.6 Å². The highest BCUT2D eigenvalue weighted by atomic mass is 35.5. The highest BCUT2D eigenvalue weighted by Gasteiger charge is 2.42. The molecule has 0 spiro atoms. The predicted molar refractivity (Wildman–Crippen MR) is 71.1 cm³/mol. The highest BCUT2D eigenvalue weighted by Crippen LogP contribution is 2.43. The molecule has 98 valence electrons. The van der Waals surface area contributed by atoms with Crippen LogP contribution in [-0.2, 0) is 4.79 Å². The van der Waals surface area contributed by atoms with Gasteiger partial charge in [0.25, 0.3) is 0 Å². The van der Waals surface area contributed by atoms with Crippen molar-refractivity contribution in [1.82, 2.24) is 4.90 Å². The van der Waals surface area contributed by atoms with E-state index in [2.05, 4.69) is 25.7 Å². The van der Waals surface area contributed by atoms with Gasteiger partial charge in [0, 0.05) is 24.4 Å². The van der Waals surface area contributed by atoms with Gasteiger partial charge in [-0.05, 0) is 30.6 Å². The number of rotatable bonds is 1. The van der Waals surface area contributed by atoms with E-state index in [9.17, 15) is 4.79 Å². The van der Waals surface area contributed by atoms with Gasteiger partial charge >= 0.3 is 0 Å². The number of alkyl halides is 1. The maximum atomic E-state index is 12.6. The van der Waals surface area contributed by atoms with E-state index in [-0.39, 0.29) is 16.7 Å². The molecular formula is C14H24ClNO. The summed E-state index contributed by atoms with van der Waals surface area (Å²) < 4.78 is 0. The van der Waals surface area contributed by atoms with Gasteiger partial charge in [0.05, 0.1) is 0 Å². The number of carbonyl (C=O) groups excluding carboxylic acids is 1. The third-order valence-electron chi connectivity index (χ3n) is 4.67. The molecule has 2 fully saturated rings. The van der Waals surface area contributed by atoms with Crippen LogP contribution in [0.25, 0.3) is 0 Å². The number of likely N-dealkylation sites (tertiary alicyclic amines) is 1. The van der Waals surface area contributed by atoms with Crippen LogP contribution in [-0.4, -0.2) is 29.3 Å². The predicted octanol–water partition coefficient (Wildman–Crippen LogP) is 3.29. The average Bonchev–Trinajstić information content (AvgIpc) is 2.61. The van der Waals surface area contributed by atoms with Crippen molar-refractivity contribution in [3.05, 3.63) is 0 Å². The first-order valence-corrected chi connectivity index (χ1v) is 7.28. The summed E-state index contributed by atoms with van der Waals surface area (Å²) in [5, 5.41) is 0.246. The van der Waals surface area contributed by atoms with Gasteiger partial charge in [0.15, 0.2) is 0 Å². The van der Waals surface area contributed by atoms with Crippen molar-refractivity contribution in [3.8, 4) is 0 Å². The minimum absolute atomic E-state index is 0.193. The summed E-state index contributed by atoms with van der Waals surface area (Å²) in [4.78, 5) is 14.6. The Kier molecular flexibility index (Phi) is 3.72. The molecule has 0 radical (unpaired) electrons. The van der Waals surface area contributed by atoms with Crippen LogP contribution in [0, 0.1) is 17.3 Å². The smallest absolute Gasteiger partial charge is 0.226 e. The van der Waals surface area contributed by atoms with Gasteiger partial charge in [-0.2, -0.15) is 0 Å². The van der Waals surface area contributed by atoms with Crippen LogP contribution >= 0.6 is 11.6 Å². The van der Waals surface area contributed by atoms with Crippen molar-refractivity contribution < 1.29 is 4.79 Å². The quantitative estimate of drug-likeness (QED) is 0.660. The molecule has 1 saturated heterocycles. The second kappa shape index (κ2) is 4.79. The topological polar surface area (TPSA) is 20.3 Å². The van der Waals surface area contributed by atoms with Gasteiger partial charge in [-0.3, -0.25) is 4.79 Å². The molecule has 3 unspecified atom stereocenters. The summed E-state index contributed by atoms with van der Waals surface area (Å²) in [7, 11) is 0. The molecule has 0 N–H and O–H groups in total. The molecule has 3 atom stereocenters. The number of nitrogens with zero attached hydrogens (tertiary/aromatic N) is 1. The fraction of sp³-hybridized carbons (Fsp3) is 0.929. The monoisotopic (exact) mass is 257 g/mol. The Bertz CT molecular complexity index is 303. The van der Waals surface area contributed by atoms with E-state index in [1.165, 1.54) is 12.8 Å². The third kappa shape index (κ3) is 2.62. The maximum absolute atomic E-state index is 12.6. The van der Waals surface area contributed by atoms with E-state index < -0.39 is 0 Å². The van der Waals surface area contributed by atoms with Crippen LogP contribution in [0.4, 0.5) is 0 Å². The molecule has 1 heterocycles. The Balaban J connectivity index is 2.01. The molecule has 2 nitrogen and oxygen atoms in total. The van der Waals surface area contributed by atoms with E-state index in [1.54, 1.807) is 0 Å². The first-order valence-electron chi connectivity index (χ1n) is 6.84. The van der Waals surface area contributed by atoms with Gasteiger partial charge in [0.1, 0.15) is 0 Å². The van der Waals surface area contributed by atoms with Gasteiger partial charge in [-0.15, -0.1) is 11.6 Å². The number of amides is 1. The summed E-state index contributed by atoms with van der Waals surface area (Å²) in [6.45, 7) is 8.32. The fourth-order valence-corrected chi connectivity index (χ4v) is 3.50. The lowest BCUT2D eigenvalue weighted by molar-refractivity contribution is -0.140. The van der Waals surface area contributed by atoms with Crippen molar-refractivity contribution in [1.29, 1.82) is 0 Å². The molecule has 1 amide bonds. The largest absolute Gasteiger partial charge is 0.342 e. The molecule has 0 aromatic rings. The molecule has 17 heavy (non-hydrogen) atoms. The minimum Gasteiger partial charge on any atom is -0.342 e. The summed E-state index contributed by atoms with van der Waals surface area (Å²) in [6, 6.07) is 0. The average molecular weight is 258 g/mol. The van der Waals surface area contributed by atoms with Crippen LogP contribution < -0.4 is 0 Å². The van der Waals surface area contributed by atoms with Gasteiger partial charge in [-0.25, -0.2) is 0 Å². The normalized spacial score (nSPS) is 37.2. The zero-order valence-electron chi connectivity index (χ0n) is 11.2. The number of hydrogen-bond acceptors (Lipinski definition) is 1. The Hall–Kier alpha value is -0.240. The summed E-state index contributed by atoms with van der Waals surface area (Å²) in [5.74, 6) is 1.04. The molecule has 1 saturated carbocycles. The first kappa shape index (κ1) is 13.2. The lowest BCUT2D eigenvalue weighted by Crippen LogP contribution is -2.47. The van der Waals surface area contributed by atoms with E-state index in [1.807, 2.05) is 0 Å². The van der Waals surface area contributed by atoms with E-state index in [0.29, 0.717) is 11.8 Å². The number of piperidine rings is 1. The Morgan fingerprint density at radius 2 is 2.06 bits per heavy atom. The van der Waals surface area contributed by atoms with Gasteiger partial charge in [0.2, 0.25) is 5.91 Å². The minimum atomic E-state index is 0.193.